The van der Waals surface area contributed by atoms with Crippen molar-refractivity contribution in [1.29, 1.82) is 0 Å². The van der Waals surface area contributed by atoms with E-state index in [4.69, 9.17) is 5.73 Å². The minimum absolute atomic E-state index is 0.0498. The maximum atomic E-state index is 11.1. The average Bonchev–Trinajstić information content (AvgIpc) is 2.35. The minimum atomic E-state index is -0.171. The normalized spacial score (nSPS) is 14.0. The van der Waals surface area contributed by atoms with Gasteiger partial charge in [-0.2, -0.15) is 11.8 Å². The summed E-state index contributed by atoms with van der Waals surface area (Å²) in [6.07, 6.45) is 0.427. The van der Waals surface area contributed by atoms with Crippen LogP contribution in [0.2, 0.25) is 0 Å². The lowest BCUT2D eigenvalue weighted by molar-refractivity contribution is -0.140. The van der Waals surface area contributed by atoms with Crippen LogP contribution in [-0.4, -0.2) is 24.9 Å². The zero-order valence-corrected chi connectivity index (χ0v) is 12.0. The fraction of sp³-hybridized carbons (Fsp3) is 0.500. The van der Waals surface area contributed by atoms with Crippen LogP contribution in [0.25, 0.3) is 0 Å². The molecule has 3 nitrogen and oxygen atoms in total. The van der Waals surface area contributed by atoms with Crippen molar-refractivity contribution >= 4 is 17.7 Å². The molecule has 0 bridgehead atoms. The summed E-state index contributed by atoms with van der Waals surface area (Å²) in [5.41, 5.74) is 8.54. The van der Waals surface area contributed by atoms with Crippen LogP contribution in [0.4, 0.5) is 0 Å². The molecule has 1 rings (SSSR count). The summed E-state index contributed by atoms with van der Waals surface area (Å²) in [6, 6.07) is 8.29. The van der Waals surface area contributed by atoms with Crippen molar-refractivity contribution in [3.8, 4) is 0 Å². The number of carbonyl (C=O) groups is 1. The predicted molar refractivity (Wildman–Crippen MR) is 76.7 cm³/mol. The molecule has 4 heteroatoms. The van der Waals surface area contributed by atoms with Crippen LogP contribution in [0, 0.1) is 6.92 Å². The van der Waals surface area contributed by atoms with Crippen LogP contribution in [0.3, 0.4) is 0 Å². The fourth-order valence-electron chi connectivity index (χ4n) is 1.80. The molecule has 18 heavy (non-hydrogen) atoms. The highest BCUT2D eigenvalue weighted by Crippen LogP contribution is 2.33. The number of ether oxygens (including phenoxy) is 1. The highest BCUT2D eigenvalue weighted by molar-refractivity contribution is 7.99. The third-order valence-electron chi connectivity index (χ3n) is 2.80. The quantitative estimate of drug-likeness (QED) is 0.805. The Balaban J connectivity index is 2.67. The molecule has 0 saturated carbocycles. The average molecular weight is 267 g/mol. The molecule has 0 aromatic heterocycles. The molecule has 1 aromatic rings. The summed E-state index contributed by atoms with van der Waals surface area (Å²) in [6.45, 7) is 4.09. The van der Waals surface area contributed by atoms with Crippen LogP contribution in [0.5, 0.6) is 0 Å². The molecule has 0 heterocycles. The number of carbonyl (C=O) groups excluding carboxylic acids is 1. The molecule has 0 amide bonds. The van der Waals surface area contributed by atoms with E-state index < -0.39 is 0 Å². The van der Waals surface area contributed by atoms with E-state index in [2.05, 4.69) is 23.8 Å². The Bertz CT molecular complexity index is 393. The van der Waals surface area contributed by atoms with Gasteiger partial charge in [0.2, 0.25) is 0 Å². The first kappa shape index (κ1) is 15.1. The summed E-state index contributed by atoms with van der Waals surface area (Å²) in [5, 5.41) is 0.218. The summed E-state index contributed by atoms with van der Waals surface area (Å²) >= 11 is 1.71. The second-order valence-electron chi connectivity index (χ2n) is 4.33. The molecule has 2 unspecified atom stereocenters. The van der Waals surface area contributed by atoms with Gasteiger partial charge in [-0.25, -0.2) is 0 Å². The van der Waals surface area contributed by atoms with Gasteiger partial charge in [0.25, 0.3) is 0 Å². The molecule has 100 valence electrons. The Kier molecular flexibility index (Phi) is 6.22. The Labute approximate surface area is 113 Å². The maximum Gasteiger partial charge on any atom is 0.306 e. The molecule has 0 radical (unpaired) electrons. The Hall–Kier alpha value is -1.00. The predicted octanol–water partition coefficient (Wildman–Crippen LogP) is 2.68. The molecule has 0 aliphatic carbocycles. The number of aryl methyl sites for hydroxylation is 1. The monoisotopic (exact) mass is 267 g/mol. The molecule has 0 fully saturated rings. The van der Waals surface area contributed by atoms with Crippen molar-refractivity contribution in [2.45, 2.75) is 31.6 Å². The lowest BCUT2D eigenvalue weighted by Crippen LogP contribution is -2.23. The Morgan fingerprint density at radius 3 is 2.67 bits per heavy atom. The molecule has 2 atom stereocenters. The first-order chi connectivity index (χ1) is 8.56. The van der Waals surface area contributed by atoms with Crippen molar-refractivity contribution in [2.24, 2.45) is 5.73 Å². The minimum Gasteiger partial charge on any atom is -0.469 e. The zero-order valence-electron chi connectivity index (χ0n) is 11.2. The SMILES string of the molecule is COC(=O)CCSC(c1ccccc1C)C(C)N. The summed E-state index contributed by atoms with van der Waals surface area (Å²) in [4.78, 5) is 11.1. The maximum absolute atomic E-state index is 11.1. The molecule has 0 saturated heterocycles. The van der Waals surface area contributed by atoms with Gasteiger partial charge in [0.05, 0.1) is 13.5 Å². The number of hydrogen-bond donors (Lipinski definition) is 1. The van der Waals surface area contributed by atoms with Gasteiger partial charge in [0, 0.05) is 17.0 Å². The van der Waals surface area contributed by atoms with Gasteiger partial charge in [-0.05, 0) is 25.0 Å². The topological polar surface area (TPSA) is 52.3 Å². The summed E-state index contributed by atoms with van der Waals surface area (Å²) in [7, 11) is 1.41. The highest BCUT2D eigenvalue weighted by Gasteiger charge is 2.18. The third kappa shape index (κ3) is 4.35. The molecule has 2 N–H and O–H groups in total. The molecule has 0 aliphatic rings. The number of esters is 1. The summed E-state index contributed by atoms with van der Waals surface area (Å²) < 4.78 is 4.64. The van der Waals surface area contributed by atoms with Crippen LogP contribution in [-0.2, 0) is 9.53 Å². The number of hydrogen-bond acceptors (Lipinski definition) is 4. The van der Waals surface area contributed by atoms with Gasteiger partial charge in [0.1, 0.15) is 0 Å². The molecule has 0 aliphatic heterocycles. The lowest BCUT2D eigenvalue weighted by atomic mass is 10.0. The second-order valence-corrected chi connectivity index (χ2v) is 5.58. The van der Waals surface area contributed by atoms with Gasteiger partial charge < -0.3 is 10.5 Å². The zero-order chi connectivity index (χ0) is 13.5. The highest BCUT2D eigenvalue weighted by atomic mass is 32.2. The van der Waals surface area contributed by atoms with Gasteiger partial charge in [-0.1, -0.05) is 24.3 Å². The molecule has 0 spiro atoms. The van der Waals surface area contributed by atoms with Gasteiger partial charge >= 0.3 is 5.97 Å². The first-order valence-electron chi connectivity index (χ1n) is 6.05. The van der Waals surface area contributed by atoms with Crippen molar-refractivity contribution in [3.63, 3.8) is 0 Å². The van der Waals surface area contributed by atoms with E-state index in [-0.39, 0.29) is 17.3 Å². The Morgan fingerprint density at radius 2 is 2.11 bits per heavy atom. The number of rotatable bonds is 6. The first-order valence-corrected chi connectivity index (χ1v) is 7.10. The summed E-state index contributed by atoms with van der Waals surface area (Å²) in [5.74, 6) is 0.559. The molecular formula is C14H21NO2S. The van der Waals surface area contributed by atoms with Crippen LogP contribution < -0.4 is 5.73 Å². The van der Waals surface area contributed by atoms with E-state index in [1.165, 1.54) is 18.2 Å². The fourth-order valence-corrected chi connectivity index (χ4v) is 3.09. The van der Waals surface area contributed by atoms with Crippen molar-refractivity contribution in [2.75, 3.05) is 12.9 Å². The number of benzene rings is 1. The van der Waals surface area contributed by atoms with E-state index in [1.807, 2.05) is 19.1 Å². The van der Waals surface area contributed by atoms with Gasteiger partial charge in [-0.3, -0.25) is 4.79 Å². The van der Waals surface area contributed by atoms with E-state index >= 15 is 0 Å². The Morgan fingerprint density at radius 1 is 1.44 bits per heavy atom. The van der Waals surface area contributed by atoms with Crippen molar-refractivity contribution < 1.29 is 9.53 Å². The number of methoxy groups -OCH3 is 1. The smallest absolute Gasteiger partial charge is 0.306 e. The van der Waals surface area contributed by atoms with Crippen LogP contribution in [0.1, 0.15) is 29.7 Å². The van der Waals surface area contributed by atoms with E-state index in [0.29, 0.717) is 6.42 Å². The standard InChI is InChI=1S/C14H21NO2S/c1-10-6-4-5-7-12(10)14(11(2)15)18-9-8-13(16)17-3/h4-7,11,14H,8-9,15H2,1-3H3. The van der Waals surface area contributed by atoms with E-state index in [1.54, 1.807) is 11.8 Å². The second kappa shape index (κ2) is 7.44. The number of thioether (sulfide) groups is 1. The van der Waals surface area contributed by atoms with Gasteiger partial charge in [0.15, 0.2) is 0 Å². The van der Waals surface area contributed by atoms with Crippen molar-refractivity contribution in [1.82, 2.24) is 0 Å². The van der Waals surface area contributed by atoms with Gasteiger partial charge in [-0.15, -0.1) is 0 Å². The number of nitrogens with two attached hydrogens (primary N) is 1. The largest absolute Gasteiger partial charge is 0.469 e. The van der Waals surface area contributed by atoms with E-state index in [0.717, 1.165) is 5.75 Å². The third-order valence-corrected chi connectivity index (χ3v) is 4.29. The van der Waals surface area contributed by atoms with Crippen molar-refractivity contribution in [3.05, 3.63) is 35.4 Å². The van der Waals surface area contributed by atoms with Crippen LogP contribution >= 0.6 is 11.8 Å². The molecule has 1 aromatic carbocycles. The molecular weight excluding hydrogens is 246 g/mol. The van der Waals surface area contributed by atoms with Crippen LogP contribution in [0.15, 0.2) is 24.3 Å². The van der Waals surface area contributed by atoms with E-state index in [9.17, 15) is 4.79 Å². The lowest BCUT2D eigenvalue weighted by Gasteiger charge is -2.22.